The molecule has 2 saturated carbocycles. The molecule has 0 amide bonds. The number of ether oxygens (including phenoxy) is 1. The van der Waals surface area contributed by atoms with Gasteiger partial charge in [0.2, 0.25) is 0 Å². The zero-order valence-corrected chi connectivity index (χ0v) is 12.0. The van der Waals surface area contributed by atoms with E-state index >= 15 is 0 Å². The highest BCUT2D eigenvalue weighted by molar-refractivity contribution is 5.70. The van der Waals surface area contributed by atoms with Crippen molar-refractivity contribution in [3.8, 4) is 0 Å². The van der Waals surface area contributed by atoms with Crippen LogP contribution in [0, 0.1) is 11.8 Å². The fourth-order valence-electron chi connectivity index (χ4n) is 4.09. The normalized spacial score (nSPS) is 27.8. The Hall–Kier alpha value is -1.53. The molecule has 6 nitrogen and oxygen atoms in total. The van der Waals surface area contributed by atoms with Crippen molar-refractivity contribution in [1.82, 2.24) is 19.5 Å². The highest BCUT2D eigenvalue weighted by Crippen LogP contribution is 2.52. The second-order valence-corrected chi connectivity index (χ2v) is 6.17. The molecule has 3 atom stereocenters. The summed E-state index contributed by atoms with van der Waals surface area (Å²) in [6.45, 7) is 0.767. The van der Waals surface area contributed by atoms with Gasteiger partial charge in [-0.05, 0) is 31.1 Å². The third-order valence-corrected chi connectivity index (χ3v) is 4.97. The molecule has 2 bridgehead atoms. The predicted molar refractivity (Wildman–Crippen MR) is 76.5 cm³/mol. The molecular weight excluding hydrogens is 268 g/mol. The number of nitrogens with zero attached hydrogens (tertiary/aromatic N) is 4. The van der Waals surface area contributed by atoms with Crippen LogP contribution in [-0.4, -0.2) is 37.8 Å². The van der Waals surface area contributed by atoms with Crippen molar-refractivity contribution >= 4 is 11.2 Å². The van der Waals surface area contributed by atoms with E-state index in [1.54, 1.807) is 12.5 Å². The van der Waals surface area contributed by atoms with Gasteiger partial charge in [-0.3, -0.25) is 4.57 Å². The summed E-state index contributed by atoms with van der Waals surface area (Å²) >= 11 is 0. The van der Waals surface area contributed by atoms with Crippen LogP contribution < -0.4 is 0 Å². The molecule has 6 heteroatoms. The van der Waals surface area contributed by atoms with Gasteiger partial charge in [0.25, 0.3) is 0 Å². The van der Waals surface area contributed by atoms with E-state index in [1.807, 2.05) is 0 Å². The minimum Gasteiger partial charge on any atom is -0.394 e. The van der Waals surface area contributed by atoms with E-state index in [2.05, 4.69) is 14.5 Å². The molecular formula is C15H20N4O2. The van der Waals surface area contributed by atoms with Gasteiger partial charge >= 0.3 is 0 Å². The molecule has 3 unspecified atom stereocenters. The van der Waals surface area contributed by atoms with Crippen LogP contribution in [0.4, 0.5) is 0 Å². The Morgan fingerprint density at radius 1 is 1.33 bits per heavy atom. The van der Waals surface area contributed by atoms with Gasteiger partial charge in [-0.2, -0.15) is 0 Å². The van der Waals surface area contributed by atoms with Crippen LogP contribution in [-0.2, 0) is 11.5 Å². The van der Waals surface area contributed by atoms with Crippen LogP contribution in [0.25, 0.3) is 11.2 Å². The van der Waals surface area contributed by atoms with Crippen LogP contribution in [0.1, 0.15) is 37.4 Å². The molecule has 2 aliphatic rings. The maximum atomic E-state index is 8.90. The minimum atomic E-state index is 0.0328. The summed E-state index contributed by atoms with van der Waals surface area (Å²) in [6.07, 6.45) is 8.60. The van der Waals surface area contributed by atoms with Crippen LogP contribution in [0.3, 0.4) is 0 Å². The van der Waals surface area contributed by atoms with E-state index < -0.39 is 0 Å². The lowest BCUT2D eigenvalue weighted by Gasteiger charge is -2.22. The Morgan fingerprint density at radius 3 is 3.05 bits per heavy atom. The van der Waals surface area contributed by atoms with Crippen LogP contribution in [0.2, 0.25) is 0 Å². The van der Waals surface area contributed by atoms with Crippen molar-refractivity contribution < 1.29 is 9.84 Å². The summed E-state index contributed by atoms with van der Waals surface area (Å²) in [6, 6.07) is 0. The van der Waals surface area contributed by atoms with Gasteiger partial charge in [0, 0.05) is 5.92 Å². The van der Waals surface area contributed by atoms with Gasteiger partial charge < -0.3 is 9.84 Å². The summed E-state index contributed by atoms with van der Waals surface area (Å²) in [4.78, 5) is 13.2. The number of aliphatic hydroxyl groups is 1. The van der Waals surface area contributed by atoms with Gasteiger partial charge in [0.05, 0.1) is 19.4 Å². The van der Waals surface area contributed by atoms with Gasteiger partial charge in [-0.25, -0.2) is 15.0 Å². The zero-order valence-electron chi connectivity index (χ0n) is 12.0. The number of hydrogen-bond acceptors (Lipinski definition) is 5. The number of fused-ring (bicyclic) bond motifs is 3. The Labute approximate surface area is 123 Å². The lowest BCUT2D eigenvalue weighted by molar-refractivity contribution is 0.0475. The third kappa shape index (κ3) is 2.22. The third-order valence-electron chi connectivity index (χ3n) is 4.97. The zero-order chi connectivity index (χ0) is 14.2. The highest BCUT2D eigenvalue weighted by atomic mass is 16.5. The van der Waals surface area contributed by atoms with Crippen molar-refractivity contribution in [2.45, 2.75) is 38.3 Å². The van der Waals surface area contributed by atoms with E-state index in [0.717, 1.165) is 28.8 Å². The molecule has 0 spiro atoms. The quantitative estimate of drug-likeness (QED) is 0.848. The SMILES string of the molecule is OCCOCn1c(C2CC3CCC2C3)nc2cncnc21. The first kappa shape index (κ1) is 13.2. The van der Waals surface area contributed by atoms with E-state index in [1.165, 1.54) is 25.7 Å². The van der Waals surface area contributed by atoms with Gasteiger partial charge in [0.15, 0.2) is 5.65 Å². The number of aliphatic hydroxyl groups excluding tert-OH is 1. The van der Waals surface area contributed by atoms with Gasteiger partial charge in [0.1, 0.15) is 24.4 Å². The predicted octanol–water partition coefficient (Wildman–Crippen LogP) is 1.70. The summed E-state index contributed by atoms with van der Waals surface area (Å²) in [5.74, 6) is 3.25. The molecule has 0 aliphatic heterocycles. The van der Waals surface area contributed by atoms with Gasteiger partial charge in [-0.1, -0.05) is 6.42 Å². The van der Waals surface area contributed by atoms with Crippen molar-refractivity contribution in [3.05, 3.63) is 18.3 Å². The van der Waals surface area contributed by atoms with Crippen molar-refractivity contribution in [2.24, 2.45) is 11.8 Å². The Bertz CT molecular complexity index is 642. The summed E-state index contributed by atoms with van der Waals surface area (Å²) < 4.78 is 7.60. The first-order valence-corrected chi connectivity index (χ1v) is 7.71. The monoisotopic (exact) mass is 288 g/mol. The molecule has 1 N–H and O–H groups in total. The standard InChI is InChI=1S/C15H20N4O2/c20-3-4-21-9-19-14(12-6-10-1-2-11(12)5-10)18-13-7-16-8-17-15(13)19/h7-8,10-12,20H,1-6,9H2. The fourth-order valence-corrected chi connectivity index (χ4v) is 4.09. The van der Waals surface area contributed by atoms with E-state index in [-0.39, 0.29) is 6.61 Å². The highest BCUT2D eigenvalue weighted by Gasteiger charge is 2.42. The molecule has 0 aromatic carbocycles. The van der Waals surface area contributed by atoms with E-state index in [0.29, 0.717) is 19.3 Å². The minimum absolute atomic E-state index is 0.0328. The summed E-state index contributed by atoms with van der Waals surface area (Å²) in [5, 5.41) is 8.90. The van der Waals surface area contributed by atoms with E-state index in [9.17, 15) is 0 Å². The largest absolute Gasteiger partial charge is 0.394 e. The van der Waals surface area contributed by atoms with Crippen LogP contribution >= 0.6 is 0 Å². The topological polar surface area (TPSA) is 73.1 Å². The molecule has 2 aliphatic carbocycles. The molecule has 2 aromatic rings. The maximum Gasteiger partial charge on any atom is 0.165 e. The molecule has 2 heterocycles. The first-order chi connectivity index (χ1) is 10.4. The number of imidazole rings is 1. The molecule has 0 saturated heterocycles. The first-order valence-electron chi connectivity index (χ1n) is 7.71. The summed E-state index contributed by atoms with van der Waals surface area (Å²) in [7, 11) is 0. The molecule has 4 rings (SSSR count). The number of rotatable bonds is 5. The lowest BCUT2D eigenvalue weighted by atomic mass is 9.88. The van der Waals surface area contributed by atoms with Gasteiger partial charge in [-0.15, -0.1) is 0 Å². The lowest BCUT2D eigenvalue weighted by Crippen LogP contribution is -2.17. The average molecular weight is 288 g/mol. The molecule has 2 fully saturated rings. The average Bonchev–Trinajstić information content (AvgIpc) is 3.21. The molecule has 112 valence electrons. The second-order valence-electron chi connectivity index (χ2n) is 6.17. The van der Waals surface area contributed by atoms with Crippen molar-refractivity contribution in [1.29, 1.82) is 0 Å². The summed E-state index contributed by atoms with van der Waals surface area (Å²) in [5.41, 5.74) is 1.67. The molecule has 2 aromatic heterocycles. The molecule has 21 heavy (non-hydrogen) atoms. The van der Waals surface area contributed by atoms with E-state index in [4.69, 9.17) is 14.8 Å². The second kappa shape index (κ2) is 5.35. The van der Waals surface area contributed by atoms with Crippen LogP contribution in [0.5, 0.6) is 0 Å². The van der Waals surface area contributed by atoms with Crippen LogP contribution in [0.15, 0.2) is 12.5 Å². The van der Waals surface area contributed by atoms with Crippen molar-refractivity contribution in [3.63, 3.8) is 0 Å². The molecule has 0 radical (unpaired) electrons. The number of hydrogen-bond donors (Lipinski definition) is 1. The Kier molecular flexibility index (Phi) is 3.35. The number of aromatic nitrogens is 4. The maximum absolute atomic E-state index is 8.90. The smallest absolute Gasteiger partial charge is 0.165 e. The Morgan fingerprint density at radius 2 is 2.29 bits per heavy atom. The Balaban J connectivity index is 1.71. The van der Waals surface area contributed by atoms with Crippen molar-refractivity contribution in [2.75, 3.05) is 13.2 Å². The fraction of sp³-hybridized carbons (Fsp3) is 0.667.